The van der Waals surface area contributed by atoms with Crippen LogP contribution < -0.4 is 10.2 Å². The second-order valence-corrected chi connectivity index (χ2v) is 6.74. The summed E-state index contributed by atoms with van der Waals surface area (Å²) in [6.07, 6.45) is -0.901. The van der Waals surface area contributed by atoms with Crippen LogP contribution in [0.2, 0.25) is 0 Å². The van der Waals surface area contributed by atoms with Crippen LogP contribution in [0.3, 0.4) is 0 Å². The molecular formula is C18H22F3N3O2. The molecule has 5 nitrogen and oxygen atoms in total. The predicted octanol–water partition coefficient (Wildman–Crippen LogP) is 3.17. The van der Waals surface area contributed by atoms with E-state index in [0.29, 0.717) is 17.0 Å². The summed E-state index contributed by atoms with van der Waals surface area (Å²) in [5.74, 6) is -2.52. The first kappa shape index (κ1) is 18.5. The van der Waals surface area contributed by atoms with Gasteiger partial charge in [0.2, 0.25) is 5.91 Å². The van der Waals surface area contributed by atoms with Crippen molar-refractivity contribution in [3.8, 4) is 0 Å². The standard InChI is InChI=1S/C18H22F3N3O2/c19-18(20,21)17(26)24-11-5-8-15(24)16(25)22-13-6-4-7-14(12-13)23-9-2-1-3-10-23/h4,6-7,12,15H,1-3,5,8-11H2,(H,22,25). The second kappa shape index (κ2) is 7.55. The summed E-state index contributed by atoms with van der Waals surface area (Å²) in [4.78, 5) is 26.8. The van der Waals surface area contributed by atoms with E-state index in [1.54, 1.807) is 6.07 Å². The van der Waals surface area contributed by atoms with E-state index >= 15 is 0 Å². The Labute approximate surface area is 150 Å². The lowest BCUT2D eigenvalue weighted by Crippen LogP contribution is -2.48. The van der Waals surface area contributed by atoms with Gasteiger partial charge in [-0.1, -0.05) is 6.07 Å². The SMILES string of the molecule is O=C(Nc1cccc(N2CCCCC2)c1)C1CCCN1C(=O)C(F)(F)F. The zero-order valence-electron chi connectivity index (χ0n) is 14.4. The van der Waals surface area contributed by atoms with Gasteiger partial charge < -0.3 is 15.1 Å². The van der Waals surface area contributed by atoms with E-state index < -0.39 is 24.0 Å². The van der Waals surface area contributed by atoms with Crippen LogP contribution in [0.15, 0.2) is 24.3 Å². The maximum atomic E-state index is 12.7. The number of likely N-dealkylation sites (tertiary alicyclic amines) is 1. The van der Waals surface area contributed by atoms with Gasteiger partial charge in [0.1, 0.15) is 6.04 Å². The maximum absolute atomic E-state index is 12.7. The summed E-state index contributed by atoms with van der Waals surface area (Å²) in [6, 6.07) is 6.22. The molecule has 1 atom stereocenters. The van der Waals surface area contributed by atoms with Gasteiger partial charge in [-0.2, -0.15) is 13.2 Å². The van der Waals surface area contributed by atoms with Crippen LogP contribution in [-0.4, -0.2) is 48.6 Å². The van der Waals surface area contributed by atoms with Crippen molar-refractivity contribution < 1.29 is 22.8 Å². The zero-order valence-corrected chi connectivity index (χ0v) is 14.4. The topological polar surface area (TPSA) is 52.7 Å². The van der Waals surface area contributed by atoms with Crippen molar-refractivity contribution in [3.05, 3.63) is 24.3 Å². The first-order valence-electron chi connectivity index (χ1n) is 8.90. The molecule has 1 aromatic rings. The summed E-state index contributed by atoms with van der Waals surface area (Å²) in [5.41, 5.74) is 1.52. The molecule has 26 heavy (non-hydrogen) atoms. The van der Waals surface area contributed by atoms with E-state index in [1.807, 2.05) is 18.2 Å². The lowest BCUT2D eigenvalue weighted by molar-refractivity contribution is -0.186. The number of nitrogens with one attached hydrogen (secondary N) is 1. The Kier molecular flexibility index (Phi) is 5.38. The number of halogens is 3. The number of alkyl halides is 3. The highest BCUT2D eigenvalue weighted by molar-refractivity contribution is 5.98. The van der Waals surface area contributed by atoms with Gasteiger partial charge in [0.25, 0.3) is 0 Å². The molecule has 1 aromatic carbocycles. The smallest absolute Gasteiger partial charge is 0.371 e. The van der Waals surface area contributed by atoms with E-state index in [1.165, 1.54) is 6.42 Å². The van der Waals surface area contributed by atoms with Gasteiger partial charge in [0, 0.05) is 31.0 Å². The minimum Gasteiger partial charge on any atom is -0.371 e. The van der Waals surface area contributed by atoms with E-state index in [9.17, 15) is 22.8 Å². The summed E-state index contributed by atoms with van der Waals surface area (Å²) >= 11 is 0. The van der Waals surface area contributed by atoms with Gasteiger partial charge in [-0.15, -0.1) is 0 Å². The van der Waals surface area contributed by atoms with E-state index in [-0.39, 0.29) is 13.0 Å². The minimum absolute atomic E-state index is 0.0513. The van der Waals surface area contributed by atoms with Crippen molar-refractivity contribution in [2.45, 2.75) is 44.3 Å². The fourth-order valence-electron chi connectivity index (χ4n) is 3.60. The molecule has 142 valence electrons. The summed E-state index contributed by atoms with van der Waals surface area (Å²) in [6.45, 7) is 1.85. The number of anilines is 2. The number of carbonyl (C=O) groups is 2. The van der Waals surface area contributed by atoms with Crippen LogP contribution in [0, 0.1) is 0 Å². The molecule has 0 radical (unpaired) electrons. The average Bonchev–Trinajstić information content (AvgIpc) is 3.11. The predicted molar refractivity (Wildman–Crippen MR) is 91.9 cm³/mol. The highest BCUT2D eigenvalue weighted by Gasteiger charge is 2.47. The van der Waals surface area contributed by atoms with Crippen molar-refractivity contribution >= 4 is 23.2 Å². The Hall–Kier alpha value is -2.25. The van der Waals surface area contributed by atoms with Crippen LogP contribution in [0.4, 0.5) is 24.5 Å². The van der Waals surface area contributed by atoms with Crippen molar-refractivity contribution in [1.29, 1.82) is 0 Å². The van der Waals surface area contributed by atoms with Gasteiger partial charge >= 0.3 is 12.1 Å². The van der Waals surface area contributed by atoms with Crippen molar-refractivity contribution in [1.82, 2.24) is 4.90 Å². The first-order chi connectivity index (χ1) is 12.4. The molecule has 2 fully saturated rings. The zero-order chi connectivity index (χ0) is 18.7. The minimum atomic E-state index is -4.96. The molecule has 8 heteroatoms. The molecule has 0 aliphatic carbocycles. The van der Waals surface area contributed by atoms with Crippen LogP contribution in [0.1, 0.15) is 32.1 Å². The summed E-state index contributed by atoms with van der Waals surface area (Å²) < 4.78 is 38.1. The van der Waals surface area contributed by atoms with E-state index in [0.717, 1.165) is 31.6 Å². The molecule has 0 aromatic heterocycles. The molecule has 2 amide bonds. The number of rotatable bonds is 3. The number of amides is 2. The third-order valence-corrected chi connectivity index (χ3v) is 4.89. The highest BCUT2D eigenvalue weighted by Crippen LogP contribution is 2.27. The molecule has 1 unspecified atom stereocenters. The molecule has 1 N–H and O–H groups in total. The first-order valence-corrected chi connectivity index (χ1v) is 8.90. The Morgan fingerprint density at radius 3 is 2.46 bits per heavy atom. The van der Waals surface area contributed by atoms with Crippen LogP contribution in [0.5, 0.6) is 0 Å². The fourth-order valence-corrected chi connectivity index (χ4v) is 3.60. The van der Waals surface area contributed by atoms with E-state index in [2.05, 4.69) is 10.2 Å². The van der Waals surface area contributed by atoms with Gasteiger partial charge in [0.15, 0.2) is 0 Å². The number of benzene rings is 1. The Morgan fingerprint density at radius 2 is 1.77 bits per heavy atom. The quantitative estimate of drug-likeness (QED) is 0.890. The molecule has 2 aliphatic rings. The third-order valence-electron chi connectivity index (χ3n) is 4.89. The van der Waals surface area contributed by atoms with Crippen LogP contribution >= 0.6 is 0 Å². The Morgan fingerprint density at radius 1 is 1.04 bits per heavy atom. The molecule has 0 bridgehead atoms. The Bertz CT molecular complexity index is 672. The van der Waals surface area contributed by atoms with Gasteiger partial charge in [-0.3, -0.25) is 9.59 Å². The molecular weight excluding hydrogens is 347 g/mol. The highest BCUT2D eigenvalue weighted by atomic mass is 19.4. The van der Waals surface area contributed by atoms with Gasteiger partial charge in [0.05, 0.1) is 0 Å². The Balaban J connectivity index is 1.68. The monoisotopic (exact) mass is 369 g/mol. The lowest BCUT2D eigenvalue weighted by atomic mass is 10.1. The maximum Gasteiger partial charge on any atom is 0.471 e. The van der Waals surface area contributed by atoms with Crippen LogP contribution in [-0.2, 0) is 9.59 Å². The lowest BCUT2D eigenvalue weighted by Gasteiger charge is -2.29. The molecule has 0 spiro atoms. The summed E-state index contributed by atoms with van der Waals surface area (Å²) in [7, 11) is 0. The van der Waals surface area contributed by atoms with Crippen LogP contribution in [0.25, 0.3) is 0 Å². The van der Waals surface area contributed by atoms with Crippen molar-refractivity contribution in [3.63, 3.8) is 0 Å². The van der Waals surface area contributed by atoms with Gasteiger partial charge in [-0.25, -0.2) is 0 Å². The molecule has 2 aliphatic heterocycles. The summed E-state index contributed by atoms with van der Waals surface area (Å²) in [5, 5.41) is 2.67. The van der Waals surface area contributed by atoms with Gasteiger partial charge in [-0.05, 0) is 50.3 Å². The second-order valence-electron chi connectivity index (χ2n) is 6.74. The number of hydrogen-bond acceptors (Lipinski definition) is 3. The molecule has 3 rings (SSSR count). The van der Waals surface area contributed by atoms with Crippen molar-refractivity contribution in [2.24, 2.45) is 0 Å². The number of hydrogen-bond donors (Lipinski definition) is 1. The molecule has 2 saturated heterocycles. The third kappa shape index (κ3) is 4.11. The molecule has 2 heterocycles. The fraction of sp³-hybridized carbons (Fsp3) is 0.556. The largest absolute Gasteiger partial charge is 0.471 e. The normalized spacial score (nSPS) is 21.0. The molecule has 0 saturated carbocycles. The average molecular weight is 369 g/mol. The van der Waals surface area contributed by atoms with Crippen molar-refractivity contribution in [2.75, 3.05) is 29.9 Å². The van der Waals surface area contributed by atoms with E-state index in [4.69, 9.17) is 0 Å². The number of carbonyl (C=O) groups excluding carboxylic acids is 2. The number of piperidine rings is 1. The number of nitrogens with zero attached hydrogens (tertiary/aromatic N) is 2.